The molecule has 0 bridgehead atoms. The second-order valence-corrected chi connectivity index (χ2v) is 6.85. The van der Waals surface area contributed by atoms with Crippen LogP contribution in [-0.2, 0) is 17.8 Å². The summed E-state index contributed by atoms with van der Waals surface area (Å²) in [6.45, 7) is 3.37. The van der Waals surface area contributed by atoms with E-state index in [2.05, 4.69) is 16.3 Å². The first kappa shape index (κ1) is 16.6. The number of rotatable bonds is 5. The molecule has 24 heavy (non-hydrogen) atoms. The SMILES string of the molecule is COC(=O)c1c(CN(C)Cc2cccs2)nc2ccccc2c1C. The Labute approximate surface area is 145 Å². The van der Waals surface area contributed by atoms with Gasteiger partial charge in [-0.2, -0.15) is 0 Å². The molecule has 0 amide bonds. The lowest BCUT2D eigenvalue weighted by molar-refractivity contribution is 0.0597. The van der Waals surface area contributed by atoms with Crippen LogP contribution in [0.4, 0.5) is 0 Å². The van der Waals surface area contributed by atoms with E-state index in [4.69, 9.17) is 9.72 Å². The standard InChI is InChI=1S/C19H20N2O2S/c1-13-15-8-4-5-9-16(15)20-17(18(13)19(22)23-3)12-21(2)11-14-7-6-10-24-14/h4-10H,11-12H2,1-3H3. The fourth-order valence-electron chi connectivity index (χ4n) is 2.91. The van der Waals surface area contributed by atoms with Crippen LogP contribution in [0.3, 0.4) is 0 Å². The average Bonchev–Trinajstić information content (AvgIpc) is 3.07. The first-order valence-corrected chi connectivity index (χ1v) is 8.65. The molecule has 0 radical (unpaired) electrons. The topological polar surface area (TPSA) is 42.4 Å². The lowest BCUT2D eigenvalue weighted by atomic mass is 10.0. The summed E-state index contributed by atoms with van der Waals surface area (Å²) in [5.41, 5.74) is 3.17. The third-order valence-electron chi connectivity index (χ3n) is 4.04. The van der Waals surface area contributed by atoms with Gasteiger partial charge in [-0.15, -0.1) is 11.3 Å². The molecule has 2 heterocycles. The van der Waals surface area contributed by atoms with Crippen molar-refractivity contribution in [2.75, 3.05) is 14.2 Å². The van der Waals surface area contributed by atoms with Crippen LogP contribution in [0.1, 0.15) is 26.5 Å². The lowest BCUT2D eigenvalue weighted by Crippen LogP contribution is -2.21. The summed E-state index contributed by atoms with van der Waals surface area (Å²) in [6, 6.07) is 12.1. The Morgan fingerprint density at radius 1 is 1.21 bits per heavy atom. The number of fused-ring (bicyclic) bond motifs is 1. The van der Waals surface area contributed by atoms with Crippen molar-refractivity contribution in [2.45, 2.75) is 20.0 Å². The van der Waals surface area contributed by atoms with Gasteiger partial charge in [-0.1, -0.05) is 24.3 Å². The smallest absolute Gasteiger partial charge is 0.340 e. The highest BCUT2D eigenvalue weighted by molar-refractivity contribution is 7.09. The number of aromatic nitrogens is 1. The second-order valence-electron chi connectivity index (χ2n) is 5.82. The van der Waals surface area contributed by atoms with Gasteiger partial charge in [-0.3, -0.25) is 9.88 Å². The van der Waals surface area contributed by atoms with Crippen molar-refractivity contribution >= 4 is 28.2 Å². The first-order valence-electron chi connectivity index (χ1n) is 7.77. The number of thiophene rings is 1. The highest BCUT2D eigenvalue weighted by atomic mass is 32.1. The molecule has 2 aromatic heterocycles. The van der Waals surface area contributed by atoms with E-state index in [0.717, 1.165) is 28.7 Å². The summed E-state index contributed by atoms with van der Waals surface area (Å²) in [5.74, 6) is -0.328. The minimum Gasteiger partial charge on any atom is -0.465 e. The molecule has 0 fully saturated rings. The Morgan fingerprint density at radius 2 is 2.00 bits per heavy atom. The van der Waals surface area contributed by atoms with Crippen LogP contribution >= 0.6 is 11.3 Å². The van der Waals surface area contributed by atoms with Crippen molar-refractivity contribution in [3.8, 4) is 0 Å². The predicted molar refractivity (Wildman–Crippen MR) is 97.3 cm³/mol. The summed E-state index contributed by atoms with van der Waals surface area (Å²) >= 11 is 1.73. The number of methoxy groups -OCH3 is 1. The van der Waals surface area contributed by atoms with Gasteiger partial charge in [0.2, 0.25) is 0 Å². The van der Waals surface area contributed by atoms with Crippen molar-refractivity contribution < 1.29 is 9.53 Å². The summed E-state index contributed by atoms with van der Waals surface area (Å²) in [4.78, 5) is 20.5. The van der Waals surface area contributed by atoms with E-state index in [0.29, 0.717) is 12.1 Å². The van der Waals surface area contributed by atoms with Gasteiger partial charge in [0.25, 0.3) is 0 Å². The van der Waals surface area contributed by atoms with Crippen molar-refractivity contribution in [1.29, 1.82) is 0 Å². The number of esters is 1. The second kappa shape index (κ2) is 7.11. The van der Waals surface area contributed by atoms with E-state index < -0.39 is 0 Å². The van der Waals surface area contributed by atoms with Crippen LogP contribution < -0.4 is 0 Å². The number of hydrogen-bond acceptors (Lipinski definition) is 5. The number of aryl methyl sites for hydroxylation is 1. The fraction of sp³-hybridized carbons (Fsp3) is 0.263. The molecule has 0 N–H and O–H groups in total. The van der Waals surface area contributed by atoms with E-state index >= 15 is 0 Å². The molecule has 1 aromatic carbocycles. The molecule has 0 aliphatic rings. The molecule has 0 unspecified atom stereocenters. The number of pyridine rings is 1. The number of hydrogen-bond donors (Lipinski definition) is 0. The van der Waals surface area contributed by atoms with Crippen LogP contribution in [0.15, 0.2) is 41.8 Å². The molecular formula is C19H20N2O2S. The molecule has 0 atom stereocenters. The number of benzene rings is 1. The summed E-state index contributed by atoms with van der Waals surface area (Å²) < 4.78 is 5.00. The van der Waals surface area contributed by atoms with E-state index in [1.165, 1.54) is 12.0 Å². The van der Waals surface area contributed by atoms with Gasteiger partial charge in [0, 0.05) is 23.4 Å². The lowest BCUT2D eigenvalue weighted by Gasteiger charge is -2.19. The van der Waals surface area contributed by atoms with Gasteiger partial charge in [-0.05, 0) is 37.0 Å². The highest BCUT2D eigenvalue weighted by Crippen LogP contribution is 2.25. The summed E-state index contributed by atoms with van der Waals surface area (Å²) in [6.07, 6.45) is 0. The molecule has 0 saturated heterocycles. The number of para-hydroxylation sites is 1. The number of carbonyl (C=O) groups is 1. The molecule has 0 aliphatic carbocycles. The van der Waals surface area contributed by atoms with Gasteiger partial charge in [0.1, 0.15) is 0 Å². The molecule has 5 heteroatoms. The Bertz CT molecular complexity index is 859. The maximum atomic E-state index is 12.3. The maximum absolute atomic E-state index is 12.3. The molecule has 124 valence electrons. The monoisotopic (exact) mass is 340 g/mol. The van der Waals surface area contributed by atoms with Crippen LogP contribution in [0.5, 0.6) is 0 Å². The van der Waals surface area contributed by atoms with Crippen LogP contribution in [0.25, 0.3) is 10.9 Å². The zero-order valence-electron chi connectivity index (χ0n) is 14.1. The van der Waals surface area contributed by atoms with Gasteiger partial charge >= 0.3 is 5.97 Å². The van der Waals surface area contributed by atoms with Gasteiger partial charge in [0.15, 0.2) is 0 Å². The molecule has 3 rings (SSSR count). The first-order chi connectivity index (χ1) is 11.6. The Morgan fingerprint density at radius 3 is 2.71 bits per heavy atom. The van der Waals surface area contributed by atoms with Crippen molar-refractivity contribution in [1.82, 2.24) is 9.88 Å². The molecule has 0 saturated carbocycles. The van der Waals surface area contributed by atoms with Crippen molar-refractivity contribution in [3.63, 3.8) is 0 Å². The Hall–Kier alpha value is -2.24. The normalized spacial score (nSPS) is 11.2. The summed E-state index contributed by atoms with van der Waals surface area (Å²) in [7, 11) is 3.45. The third kappa shape index (κ3) is 3.32. The van der Waals surface area contributed by atoms with Crippen LogP contribution in [0.2, 0.25) is 0 Å². The Kier molecular flexibility index (Phi) is 4.92. The number of carbonyl (C=O) groups excluding carboxylic acids is 1. The van der Waals surface area contributed by atoms with E-state index in [1.54, 1.807) is 11.3 Å². The largest absolute Gasteiger partial charge is 0.465 e. The highest BCUT2D eigenvalue weighted by Gasteiger charge is 2.20. The number of nitrogens with zero attached hydrogens (tertiary/aromatic N) is 2. The minimum atomic E-state index is -0.328. The van der Waals surface area contributed by atoms with Gasteiger partial charge < -0.3 is 4.74 Å². The van der Waals surface area contributed by atoms with E-state index in [-0.39, 0.29) is 5.97 Å². The van der Waals surface area contributed by atoms with Crippen molar-refractivity contribution in [3.05, 3.63) is 63.5 Å². The molecule has 0 spiro atoms. The molecular weight excluding hydrogens is 320 g/mol. The predicted octanol–water partition coefficient (Wildman–Crippen LogP) is 4.02. The zero-order valence-corrected chi connectivity index (χ0v) is 14.9. The van der Waals surface area contributed by atoms with Crippen LogP contribution in [0, 0.1) is 6.92 Å². The number of ether oxygens (including phenoxy) is 1. The maximum Gasteiger partial charge on any atom is 0.340 e. The van der Waals surface area contributed by atoms with Gasteiger partial charge in [0.05, 0.1) is 23.9 Å². The van der Waals surface area contributed by atoms with Crippen LogP contribution in [-0.4, -0.2) is 30.0 Å². The summed E-state index contributed by atoms with van der Waals surface area (Å²) in [5, 5.41) is 3.06. The van der Waals surface area contributed by atoms with Crippen molar-refractivity contribution in [2.24, 2.45) is 0 Å². The molecule has 4 nitrogen and oxygen atoms in total. The Balaban J connectivity index is 2.00. The molecule has 3 aromatic rings. The minimum absolute atomic E-state index is 0.328. The van der Waals surface area contributed by atoms with Gasteiger partial charge in [-0.25, -0.2) is 4.79 Å². The average molecular weight is 340 g/mol. The zero-order chi connectivity index (χ0) is 17.1. The fourth-order valence-corrected chi connectivity index (χ4v) is 3.69. The quantitative estimate of drug-likeness (QED) is 0.658. The van der Waals surface area contributed by atoms with E-state index in [1.807, 2.05) is 44.3 Å². The van der Waals surface area contributed by atoms with E-state index in [9.17, 15) is 4.79 Å². The molecule has 0 aliphatic heterocycles. The third-order valence-corrected chi connectivity index (χ3v) is 4.90.